The molecule has 0 aliphatic rings. The molecular formula is C18H21N3OS. The Hall–Kier alpha value is -2.11. The molecule has 0 atom stereocenters. The van der Waals surface area contributed by atoms with Gasteiger partial charge in [0.2, 0.25) is 0 Å². The van der Waals surface area contributed by atoms with E-state index in [4.69, 9.17) is 15.5 Å². The standard InChI is InChI=1S/C18H21N3OS/c1-12(2)10-22-15-6-4-14(5-7-15)17-16(8-9-19)21-13(3)11-23-18(21)20-17/h4-7,11H,1,8-10,19H2,2-3H3. The van der Waals surface area contributed by atoms with Crippen molar-refractivity contribution in [2.75, 3.05) is 13.2 Å². The minimum absolute atomic E-state index is 0.539. The fraction of sp³-hybridized carbons (Fsp3) is 0.278. The van der Waals surface area contributed by atoms with E-state index in [9.17, 15) is 0 Å². The largest absolute Gasteiger partial charge is 0.489 e. The highest BCUT2D eigenvalue weighted by Gasteiger charge is 2.16. The number of fused-ring (bicyclic) bond motifs is 1. The van der Waals surface area contributed by atoms with Crippen molar-refractivity contribution in [1.82, 2.24) is 9.38 Å². The van der Waals surface area contributed by atoms with Gasteiger partial charge in [0.15, 0.2) is 4.96 Å². The third-order valence-electron chi connectivity index (χ3n) is 3.62. The molecule has 23 heavy (non-hydrogen) atoms. The Morgan fingerprint density at radius 2 is 2.09 bits per heavy atom. The van der Waals surface area contributed by atoms with E-state index in [-0.39, 0.29) is 0 Å². The number of nitrogens with two attached hydrogens (primary N) is 1. The topological polar surface area (TPSA) is 52.5 Å². The molecule has 0 fully saturated rings. The molecule has 0 unspecified atom stereocenters. The Morgan fingerprint density at radius 1 is 1.35 bits per heavy atom. The lowest BCUT2D eigenvalue weighted by Gasteiger charge is -2.07. The third-order valence-corrected chi connectivity index (χ3v) is 4.57. The van der Waals surface area contributed by atoms with E-state index in [0.29, 0.717) is 13.2 Å². The SMILES string of the molecule is C=C(C)COc1ccc(-c2nc3scc(C)n3c2CCN)cc1. The van der Waals surface area contributed by atoms with Gasteiger partial charge in [-0.3, -0.25) is 4.40 Å². The van der Waals surface area contributed by atoms with Crippen LogP contribution in [0.3, 0.4) is 0 Å². The minimum atomic E-state index is 0.539. The van der Waals surface area contributed by atoms with Crippen molar-refractivity contribution in [2.24, 2.45) is 5.73 Å². The molecule has 0 spiro atoms. The predicted octanol–water partition coefficient (Wildman–Crippen LogP) is 3.83. The van der Waals surface area contributed by atoms with E-state index in [0.717, 1.165) is 34.0 Å². The molecular weight excluding hydrogens is 306 g/mol. The molecule has 4 nitrogen and oxygen atoms in total. The number of aromatic nitrogens is 2. The summed E-state index contributed by atoms with van der Waals surface area (Å²) in [5.74, 6) is 0.842. The minimum Gasteiger partial charge on any atom is -0.489 e. The molecule has 0 aliphatic carbocycles. The molecule has 120 valence electrons. The lowest BCUT2D eigenvalue weighted by atomic mass is 10.1. The lowest BCUT2D eigenvalue weighted by Crippen LogP contribution is -2.06. The van der Waals surface area contributed by atoms with Gasteiger partial charge < -0.3 is 10.5 Å². The number of hydrogen-bond acceptors (Lipinski definition) is 4. The zero-order chi connectivity index (χ0) is 16.4. The highest BCUT2D eigenvalue weighted by Crippen LogP contribution is 2.29. The molecule has 0 amide bonds. The summed E-state index contributed by atoms with van der Waals surface area (Å²) in [5.41, 5.74) is 11.3. The first kappa shape index (κ1) is 15.8. The summed E-state index contributed by atoms with van der Waals surface area (Å²) in [6.45, 7) is 9.04. The van der Waals surface area contributed by atoms with Crippen molar-refractivity contribution in [3.8, 4) is 17.0 Å². The average Bonchev–Trinajstić information content (AvgIpc) is 3.07. The van der Waals surface area contributed by atoms with Gasteiger partial charge in [-0.1, -0.05) is 6.58 Å². The molecule has 0 saturated carbocycles. The van der Waals surface area contributed by atoms with E-state index in [1.54, 1.807) is 11.3 Å². The molecule has 2 aromatic heterocycles. The van der Waals surface area contributed by atoms with Crippen molar-refractivity contribution in [2.45, 2.75) is 20.3 Å². The first-order valence-corrected chi connectivity index (χ1v) is 8.51. The predicted molar refractivity (Wildman–Crippen MR) is 96.3 cm³/mol. The molecule has 1 aromatic carbocycles. The van der Waals surface area contributed by atoms with Crippen LogP contribution in [0.4, 0.5) is 0 Å². The van der Waals surface area contributed by atoms with Gasteiger partial charge in [-0.15, -0.1) is 11.3 Å². The van der Waals surface area contributed by atoms with Crippen LogP contribution in [0.5, 0.6) is 5.75 Å². The monoisotopic (exact) mass is 327 g/mol. The van der Waals surface area contributed by atoms with Gasteiger partial charge in [-0.2, -0.15) is 0 Å². The molecule has 3 rings (SSSR count). The van der Waals surface area contributed by atoms with Gasteiger partial charge in [0, 0.05) is 23.1 Å². The Kier molecular flexibility index (Phi) is 4.50. The summed E-state index contributed by atoms with van der Waals surface area (Å²) in [6.07, 6.45) is 0.808. The van der Waals surface area contributed by atoms with Crippen LogP contribution in [0, 0.1) is 6.92 Å². The number of imidazole rings is 1. The van der Waals surface area contributed by atoms with Gasteiger partial charge in [0.25, 0.3) is 0 Å². The van der Waals surface area contributed by atoms with Gasteiger partial charge in [0.05, 0.1) is 11.4 Å². The second-order valence-corrected chi connectivity index (χ2v) is 6.55. The molecule has 0 bridgehead atoms. The smallest absolute Gasteiger partial charge is 0.194 e. The number of rotatable bonds is 6. The van der Waals surface area contributed by atoms with E-state index < -0.39 is 0 Å². The van der Waals surface area contributed by atoms with Gasteiger partial charge >= 0.3 is 0 Å². The maximum absolute atomic E-state index is 5.80. The second kappa shape index (κ2) is 6.56. The fourth-order valence-electron chi connectivity index (χ4n) is 2.58. The van der Waals surface area contributed by atoms with Gasteiger partial charge in [-0.25, -0.2) is 4.98 Å². The van der Waals surface area contributed by atoms with Crippen LogP contribution in [0.1, 0.15) is 18.3 Å². The summed E-state index contributed by atoms with van der Waals surface area (Å²) in [5, 5.41) is 2.13. The van der Waals surface area contributed by atoms with Crippen LogP contribution in [-0.2, 0) is 6.42 Å². The molecule has 3 aromatic rings. The molecule has 0 aliphatic heterocycles. The van der Waals surface area contributed by atoms with Crippen molar-refractivity contribution in [3.05, 3.63) is 53.2 Å². The average molecular weight is 327 g/mol. The first-order chi connectivity index (χ1) is 11.1. The molecule has 2 N–H and O–H groups in total. The van der Waals surface area contributed by atoms with Crippen LogP contribution in [0.25, 0.3) is 16.2 Å². The highest BCUT2D eigenvalue weighted by atomic mass is 32.1. The lowest BCUT2D eigenvalue weighted by molar-refractivity contribution is 0.353. The normalized spacial score (nSPS) is 11.1. The summed E-state index contributed by atoms with van der Waals surface area (Å²) in [4.78, 5) is 5.81. The van der Waals surface area contributed by atoms with Crippen LogP contribution >= 0.6 is 11.3 Å². The number of nitrogens with zero attached hydrogens (tertiary/aromatic N) is 2. The van der Waals surface area contributed by atoms with Gasteiger partial charge in [0.1, 0.15) is 12.4 Å². The quantitative estimate of drug-likeness (QED) is 0.700. The Morgan fingerprint density at radius 3 is 2.74 bits per heavy atom. The summed E-state index contributed by atoms with van der Waals surface area (Å²) >= 11 is 1.66. The van der Waals surface area contributed by atoms with E-state index in [2.05, 4.69) is 35.4 Å². The Labute approximate surface area is 140 Å². The summed E-state index contributed by atoms with van der Waals surface area (Å²) in [6, 6.07) is 8.06. The number of aryl methyl sites for hydroxylation is 1. The maximum atomic E-state index is 5.80. The van der Waals surface area contributed by atoms with Crippen molar-refractivity contribution >= 4 is 16.3 Å². The third kappa shape index (κ3) is 3.16. The number of thiazole rings is 1. The van der Waals surface area contributed by atoms with Crippen LogP contribution in [-0.4, -0.2) is 22.5 Å². The van der Waals surface area contributed by atoms with Gasteiger partial charge in [-0.05, 0) is 50.2 Å². The first-order valence-electron chi connectivity index (χ1n) is 7.63. The molecule has 2 heterocycles. The van der Waals surface area contributed by atoms with E-state index in [1.165, 1.54) is 11.4 Å². The summed E-state index contributed by atoms with van der Waals surface area (Å²) in [7, 11) is 0. The zero-order valence-electron chi connectivity index (χ0n) is 13.5. The zero-order valence-corrected chi connectivity index (χ0v) is 14.3. The van der Waals surface area contributed by atoms with E-state index in [1.807, 2.05) is 19.1 Å². The number of benzene rings is 1. The van der Waals surface area contributed by atoms with Crippen molar-refractivity contribution < 1.29 is 4.74 Å². The van der Waals surface area contributed by atoms with Crippen LogP contribution in [0.2, 0.25) is 0 Å². The Balaban J connectivity index is 1.96. The van der Waals surface area contributed by atoms with Crippen molar-refractivity contribution in [3.63, 3.8) is 0 Å². The molecule has 0 saturated heterocycles. The molecule has 0 radical (unpaired) electrons. The second-order valence-electron chi connectivity index (χ2n) is 5.71. The number of ether oxygens (including phenoxy) is 1. The number of hydrogen-bond donors (Lipinski definition) is 1. The maximum Gasteiger partial charge on any atom is 0.194 e. The molecule has 5 heteroatoms. The van der Waals surface area contributed by atoms with Crippen LogP contribution in [0.15, 0.2) is 41.8 Å². The Bertz CT molecular complexity index is 830. The van der Waals surface area contributed by atoms with Crippen LogP contribution < -0.4 is 10.5 Å². The summed E-state index contributed by atoms with van der Waals surface area (Å²) < 4.78 is 7.86. The highest BCUT2D eigenvalue weighted by molar-refractivity contribution is 7.15. The fourth-order valence-corrected chi connectivity index (χ4v) is 3.46. The van der Waals surface area contributed by atoms with E-state index >= 15 is 0 Å². The van der Waals surface area contributed by atoms with Crippen molar-refractivity contribution in [1.29, 1.82) is 0 Å².